The van der Waals surface area contributed by atoms with E-state index in [1.54, 1.807) is 17.2 Å². The van der Waals surface area contributed by atoms with Gasteiger partial charge in [-0.25, -0.2) is 0 Å². The third-order valence-corrected chi connectivity index (χ3v) is 3.43. The van der Waals surface area contributed by atoms with Gasteiger partial charge in [-0.05, 0) is 36.6 Å². The first kappa shape index (κ1) is 15.0. The second-order valence-electron chi connectivity index (χ2n) is 4.96. The molecule has 0 atom stereocenters. The van der Waals surface area contributed by atoms with Gasteiger partial charge in [0, 0.05) is 30.7 Å². The van der Waals surface area contributed by atoms with Crippen molar-refractivity contribution in [3.05, 3.63) is 48.7 Å². The minimum Gasteiger partial charge on any atom is -0.508 e. The van der Waals surface area contributed by atoms with Gasteiger partial charge in [0.1, 0.15) is 5.75 Å². The summed E-state index contributed by atoms with van der Waals surface area (Å²) < 4.78 is 0. The Hall–Kier alpha value is -2.36. The van der Waals surface area contributed by atoms with Gasteiger partial charge in [0.05, 0.1) is 5.52 Å². The minimum atomic E-state index is -0.0706. The molecule has 1 heterocycles. The van der Waals surface area contributed by atoms with Crippen LogP contribution in [-0.4, -0.2) is 34.0 Å². The average Bonchev–Trinajstić information content (AvgIpc) is 2.50. The summed E-state index contributed by atoms with van der Waals surface area (Å²) in [5.41, 5.74) is 1.60. The molecule has 0 aliphatic rings. The first-order chi connectivity index (χ1) is 10.2. The van der Waals surface area contributed by atoms with Crippen LogP contribution >= 0.6 is 0 Å². The maximum atomic E-state index is 11.8. The summed E-state index contributed by atoms with van der Waals surface area (Å²) in [7, 11) is 0. The molecule has 2 aromatic rings. The Morgan fingerprint density at radius 1 is 1.43 bits per heavy atom. The molecule has 1 amide bonds. The van der Waals surface area contributed by atoms with Gasteiger partial charge in [-0.15, -0.1) is 0 Å². The fourth-order valence-electron chi connectivity index (χ4n) is 2.34. The lowest BCUT2D eigenvalue weighted by Crippen LogP contribution is -2.32. The lowest BCUT2D eigenvalue weighted by Gasteiger charge is -2.20. The first-order valence-electron chi connectivity index (χ1n) is 7.13. The van der Waals surface area contributed by atoms with E-state index in [4.69, 9.17) is 0 Å². The number of carbonyl (C=O) groups excluding carboxylic acids is 1. The van der Waals surface area contributed by atoms with Gasteiger partial charge < -0.3 is 10.0 Å². The number of fused-ring (bicyclic) bond motifs is 1. The van der Waals surface area contributed by atoms with Gasteiger partial charge >= 0.3 is 0 Å². The highest BCUT2D eigenvalue weighted by molar-refractivity contribution is 5.87. The molecule has 110 valence electrons. The van der Waals surface area contributed by atoms with Gasteiger partial charge in [0.15, 0.2) is 0 Å². The van der Waals surface area contributed by atoms with Gasteiger partial charge in [0.25, 0.3) is 0 Å². The number of hydrogen-bond donors (Lipinski definition) is 1. The van der Waals surface area contributed by atoms with Crippen LogP contribution in [0.1, 0.15) is 18.9 Å². The molecular weight excluding hydrogens is 264 g/mol. The van der Waals surface area contributed by atoms with Crippen LogP contribution in [-0.2, 0) is 11.2 Å². The number of phenols is 1. The van der Waals surface area contributed by atoms with Crippen LogP contribution in [0.5, 0.6) is 5.75 Å². The summed E-state index contributed by atoms with van der Waals surface area (Å²) in [5.74, 6) is 0.155. The third kappa shape index (κ3) is 3.60. The van der Waals surface area contributed by atoms with E-state index in [9.17, 15) is 9.90 Å². The zero-order chi connectivity index (χ0) is 15.2. The maximum Gasteiger partial charge on any atom is 0.245 e. The molecule has 0 saturated carbocycles. The number of aromatic nitrogens is 1. The summed E-state index contributed by atoms with van der Waals surface area (Å²) >= 11 is 0. The molecule has 0 aliphatic heterocycles. The lowest BCUT2D eigenvalue weighted by molar-refractivity contribution is -0.126. The normalized spacial score (nSPS) is 10.5. The Bertz CT molecular complexity index is 652. The number of carbonyl (C=O) groups is 1. The van der Waals surface area contributed by atoms with Gasteiger partial charge in [0.2, 0.25) is 5.91 Å². The molecule has 1 aromatic heterocycles. The zero-order valence-corrected chi connectivity index (χ0v) is 12.2. The molecule has 0 aliphatic carbocycles. The van der Waals surface area contributed by atoms with Crippen LogP contribution < -0.4 is 0 Å². The summed E-state index contributed by atoms with van der Waals surface area (Å²) in [6, 6.07) is 7.43. The highest BCUT2D eigenvalue weighted by atomic mass is 16.3. The second-order valence-corrected chi connectivity index (χ2v) is 4.96. The van der Waals surface area contributed by atoms with Gasteiger partial charge in [-0.3, -0.25) is 9.78 Å². The van der Waals surface area contributed by atoms with E-state index in [2.05, 4.69) is 11.6 Å². The molecular formula is C17H20N2O2. The standard InChI is InChI=1S/C17H20N2O2/c1-3-9-19(17(21)4-2)10-7-14-11-13-6-5-8-18-15(13)12-16(14)20/h4-6,8,11-12,20H,2-3,7,9-10H2,1H3. The molecule has 0 radical (unpaired) electrons. The van der Waals surface area contributed by atoms with E-state index in [0.29, 0.717) is 19.5 Å². The molecule has 4 heteroatoms. The van der Waals surface area contributed by atoms with Crippen molar-refractivity contribution in [3.8, 4) is 5.75 Å². The molecule has 2 rings (SSSR count). The highest BCUT2D eigenvalue weighted by Gasteiger charge is 2.11. The summed E-state index contributed by atoms with van der Waals surface area (Å²) in [6.07, 6.45) is 4.54. The molecule has 0 bridgehead atoms. The van der Waals surface area contributed by atoms with Gasteiger partial charge in [-0.2, -0.15) is 0 Å². The molecule has 21 heavy (non-hydrogen) atoms. The van der Waals surface area contributed by atoms with Crippen molar-refractivity contribution >= 4 is 16.8 Å². The fraction of sp³-hybridized carbons (Fsp3) is 0.294. The van der Waals surface area contributed by atoms with Crippen molar-refractivity contribution in [2.24, 2.45) is 0 Å². The van der Waals surface area contributed by atoms with E-state index in [1.807, 2.05) is 25.1 Å². The number of amides is 1. The topological polar surface area (TPSA) is 53.4 Å². The van der Waals surface area contributed by atoms with Crippen molar-refractivity contribution in [1.82, 2.24) is 9.88 Å². The molecule has 1 aromatic carbocycles. The van der Waals surface area contributed by atoms with Crippen molar-refractivity contribution < 1.29 is 9.90 Å². The SMILES string of the molecule is C=CC(=O)N(CCC)CCc1cc2cccnc2cc1O. The molecule has 0 unspecified atom stereocenters. The number of pyridine rings is 1. The van der Waals surface area contributed by atoms with Crippen molar-refractivity contribution in [1.29, 1.82) is 0 Å². The molecule has 0 saturated heterocycles. The van der Waals surface area contributed by atoms with Crippen molar-refractivity contribution in [3.63, 3.8) is 0 Å². The number of nitrogens with zero attached hydrogens (tertiary/aromatic N) is 2. The lowest BCUT2D eigenvalue weighted by atomic mass is 10.1. The minimum absolute atomic E-state index is 0.0706. The zero-order valence-electron chi connectivity index (χ0n) is 12.2. The number of benzene rings is 1. The van der Waals surface area contributed by atoms with E-state index in [1.165, 1.54) is 6.08 Å². The Morgan fingerprint density at radius 3 is 2.95 bits per heavy atom. The monoisotopic (exact) mass is 284 g/mol. The Balaban J connectivity index is 2.16. The summed E-state index contributed by atoms with van der Waals surface area (Å²) in [6.45, 7) is 6.82. The van der Waals surface area contributed by atoms with Crippen molar-refractivity contribution in [2.45, 2.75) is 19.8 Å². The number of phenolic OH excluding ortho intramolecular Hbond substituents is 1. The smallest absolute Gasteiger partial charge is 0.245 e. The number of aromatic hydroxyl groups is 1. The predicted octanol–water partition coefficient (Wildman–Crippen LogP) is 2.91. The molecule has 1 N–H and O–H groups in total. The van der Waals surface area contributed by atoms with E-state index < -0.39 is 0 Å². The van der Waals surface area contributed by atoms with Crippen LogP contribution in [0.3, 0.4) is 0 Å². The van der Waals surface area contributed by atoms with Crippen LogP contribution in [0.4, 0.5) is 0 Å². The Labute approximate surface area is 124 Å². The Kier molecular flexibility index (Phi) is 4.93. The molecule has 4 nitrogen and oxygen atoms in total. The van der Waals surface area contributed by atoms with Gasteiger partial charge in [-0.1, -0.05) is 19.6 Å². The molecule has 0 spiro atoms. The largest absolute Gasteiger partial charge is 0.508 e. The van der Waals surface area contributed by atoms with E-state index in [0.717, 1.165) is 22.9 Å². The van der Waals surface area contributed by atoms with E-state index in [-0.39, 0.29) is 11.7 Å². The van der Waals surface area contributed by atoms with Crippen molar-refractivity contribution in [2.75, 3.05) is 13.1 Å². The van der Waals surface area contributed by atoms with Crippen LogP contribution in [0, 0.1) is 0 Å². The second kappa shape index (κ2) is 6.88. The van der Waals surface area contributed by atoms with Crippen LogP contribution in [0.25, 0.3) is 10.9 Å². The van der Waals surface area contributed by atoms with Crippen LogP contribution in [0.15, 0.2) is 43.1 Å². The first-order valence-corrected chi connectivity index (χ1v) is 7.13. The Morgan fingerprint density at radius 2 is 2.24 bits per heavy atom. The highest BCUT2D eigenvalue weighted by Crippen LogP contribution is 2.24. The quantitative estimate of drug-likeness (QED) is 0.830. The predicted molar refractivity (Wildman–Crippen MR) is 84.2 cm³/mol. The summed E-state index contributed by atoms with van der Waals surface area (Å²) in [4.78, 5) is 17.7. The summed E-state index contributed by atoms with van der Waals surface area (Å²) in [5, 5.41) is 11.1. The number of hydrogen-bond acceptors (Lipinski definition) is 3. The van der Waals surface area contributed by atoms with E-state index >= 15 is 0 Å². The maximum absolute atomic E-state index is 11.8. The third-order valence-electron chi connectivity index (χ3n) is 3.43. The number of rotatable bonds is 6. The average molecular weight is 284 g/mol. The fourth-order valence-corrected chi connectivity index (χ4v) is 2.34. The van der Waals surface area contributed by atoms with Crippen LogP contribution in [0.2, 0.25) is 0 Å². The molecule has 0 fully saturated rings.